The molecule has 1 N–H and O–H groups in total. The molecule has 1 aliphatic rings. The van der Waals surface area contributed by atoms with Gasteiger partial charge in [-0.25, -0.2) is 0 Å². The Bertz CT molecular complexity index is 616. The average molecular weight is 308 g/mol. The highest BCUT2D eigenvalue weighted by Gasteiger charge is 2.11. The molecule has 3 nitrogen and oxygen atoms in total. The number of carbonyl (C=O) groups excluding carboxylic acids is 1. The third-order valence-corrected chi connectivity index (χ3v) is 4.36. The number of likely N-dealkylation sites (tertiary alicyclic amines) is 1. The second-order valence-electron chi connectivity index (χ2n) is 6.17. The fourth-order valence-electron chi connectivity index (χ4n) is 3.02. The van der Waals surface area contributed by atoms with Gasteiger partial charge in [0.2, 0.25) is 0 Å². The lowest BCUT2D eigenvalue weighted by molar-refractivity contribution is 0.0954. The van der Waals surface area contributed by atoms with E-state index in [0.29, 0.717) is 12.1 Å². The zero-order valence-electron chi connectivity index (χ0n) is 13.5. The van der Waals surface area contributed by atoms with Crippen LogP contribution in [-0.4, -0.2) is 30.4 Å². The summed E-state index contributed by atoms with van der Waals surface area (Å²) in [6.45, 7) is 4.19. The molecule has 1 amide bonds. The lowest BCUT2D eigenvalue weighted by atomic mass is 10.1. The summed E-state index contributed by atoms with van der Waals surface area (Å²) in [4.78, 5) is 14.5. The summed E-state index contributed by atoms with van der Waals surface area (Å²) < 4.78 is 0. The molecule has 120 valence electrons. The minimum absolute atomic E-state index is 0.00347. The zero-order chi connectivity index (χ0) is 15.9. The van der Waals surface area contributed by atoms with Crippen molar-refractivity contribution in [3.8, 4) is 0 Å². The Labute approximate surface area is 138 Å². The monoisotopic (exact) mass is 308 g/mol. The van der Waals surface area contributed by atoms with E-state index in [1.807, 2.05) is 30.3 Å². The number of amides is 1. The molecule has 0 aliphatic carbocycles. The highest BCUT2D eigenvalue weighted by atomic mass is 16.1. The first-order valence-electron chi connectivity index (χ1n) is 8.45. The molecule has 1 aliphatic heterocycles. The van der Waals surface area contributed by atoms with Crippen LogP contribution in [0.25, 0.3) is 0 Å². The fourth-order valence-corrected chi connectivity index (χ4v) is 3.02. The van der Waals surface area contributed by atoms with Gasteiger partial charge in [0.1, 0.15) is 0 Å². The Balaban J connectivity index is 1.44. The number of nitrogens with zero attached hydrogens (tertiary/aromatic N) is 1. The van der Waals surface area contributed by atoms with Crippen LogP contribution in [0.5, 0.6) is 0 Å². The minimum atomic E-state index is -0.00347. The van der Waals surface area contributed by atoms with Gasteiger partial charge in [0.25, 0.3) is 5.91 Å². The third kappa shape index (κ3) is 4.67. The molecule has 0 saturated carbocycles. The molecule has 0 atom stereocenters. The lowest BCUT2D eigenvalue weighted by Crippen LogP contribution is -2.25. The van der Waals surface area contributed by atoms with Gasteiger partial charge in [-0.05, 0) is 55.6 Å². The maximum absolute atomic E-state index is 12.0. The Morgan fingerprint density at radius 3 is 2.26 bits per heavy atom. The number of nitrogens with one attached hydrogen (secondary N) is 1. The predicted molar refractivity (Wildman–Crippen MR) is 93.4 cm³/mol. The predicted octanol–water partition coefficient (Wildman–Crippen LogP) is 3.25. The number of carbonyl (C=O) groups is 1. The van der Waals surface area contributed by atoms with Crippen LogP contribution in [0.1, 0.15) is 34.3 Å². The number of rotatable bonds is 6. The van der Waals surface area contributed by atoms with Crippen molar-refractivity contribution in [2.24, 2.45) is 0 Å². The van der Waals surface area contributed by atoms with E-state index in [1.54, 1.807) is 0 Å². The maximum Gasteiger partial charge on any atom is 0.251 e. The topological polar surface area (TPSA) is 32.3 Å². The lowest BCUT2D eigenvalue weighted by Gasteiger charge is -2.14. The van der Waals surface area contributed by atoms with Crippen molar-refractivity contribution in [3.05, 3.63) is 71.3 Å². The molecule has 0 radical (unpaired) electrons. The van der Waals surface area contributed by atoms with E-state index in [4.69, 9.17) is 0 Å². The van der Waals surface area contributed by atoms with Crippen LogP contribution in [0.4, 0.5) is 0 Å². The van der Waals surface area contributed by atoms with Crippen LogP contribution >= 0.6 is 0 Å². The molecule has 3 heteroatoms. The quantitative estimate of drug-likeness (QED) is 0.888. The summed E-state index contributed by atoms with van der Waals surface area (Å²) in [7, 11) is 0. The highest BCUT2D eigenvalue weighted by molar-refractivity contribution is 5.94. The Morgan fingerprint density at radius 2 is 1.57 bits per heavy atom. The molecule has 1 heterocycles. The molecular weight excluding hydrogens is 284 g/mol. The van der Waals surface area contributed by atoms with Gasteiger partial charge >= 0.3 is 0 Å². The van der Waals surface area contributed by atoms with Crippen molar-refractivity contribution in [2.45, 2.75) is 25.8 Å². The smallest absolute Gasteiger partial charge is 0.251 e. The van der Waals surface area contributed by atoms with Gasteiger partial charge in [0.15, 0.2) is 0 Å². The van der Waals surface area contributed by atoms with E-state index in [0.717, 1.165) is 13.0 Å². The van der Waals surface area contributed by atoms with E-state index in [9.17, 15) is 4.79 Å². The summed E-state index contributed by atoms with van der Waals surface area (Å²) in [6.07, 6.45) is 3.53. The van der Waals surface area contributed by atoms with Crippen LogP contribution < -0.4 is 5.32 Å². The van der Waals surface area contributed by atoms with Gasteiger partial charge in [-0.15, -0.1) is 0 Å². The largest absolute Gasteiger partial charge is 0.352 e. The van der Waals surface area contributed by atoms with Gasteiger partial charge in [-0.3, -0.25) is 9.69 Å². The van der Waals surface area contributed by atoms with Gasteiger partial charge < -0.3 is 5.32 Å². The second-order valence-corrected chi connectivity index (χ2v) is 6.17. The molecule has 23 heavy (non-hydrogen) atoms. The van der Waals surface area contributed by atoms with E-state index in [-0.39, 0.29) is 5.91 Å². The number of benzene rings is 2. The van der Waals surface area contributed by atoms with Gasteiger partial charge in [0, 0.05) is 18.7 Å². The molecule has 2 aromatic carbocycles. The average Bonchev–Trinajstić information content (AvgIpc) is 3.10. The molecule has 1 fully saturated rings. The zero-order valence-corrected chi connectivity index (χ0v) is 13.5. The standard InChI is InChI=1S/C20H24N2O/c23-20(19-6-2-1-3-7-19)21-13-12-17-8-10-18(11-9-17)16-22-14-4-5-15-22/h1-3,6-11H,4-5,12-16H2,(H,21,23). The van der Waals surface area contributed by atoms with E-state index < -0.39 is 0 Å². The summed E-state index contributed by atoms with van der Waals surface area (Å²) in [5.41, 5.74) is 3.36. The van der Waals surface area contributed by atoms with Crippen LogP contribution in [0.2, 0.25) is 0 Å². The van der Waals surface area contributed by atoms with Crippen molar-refractivity contribution in [1.82, 2.24) is 10.2 Å². The fraction of sp³-hybridized carbons (Fsp3) is 0.350. The number of hydrogen-bond donors (Lipinski definition) is 1. The molecule has 0 bridgehead atoms. The van der Waals surface area contributed by atoms with E-state index >= 15 is 0 Å². The summed E-state index contributed by atoms with van der Waals surface area (Å²) in [6, 6.07) is 18.1. The van der Waals surface area contributed by atoms with Crippen molar-refractivity contribution >= 4 is 5.91 Å². The van der Waals surface area contributed by atoms with E-state index in [1.165, 1.54) is 37.1 Å². The van der Waals surface area contributed by atoms with Crippen LogP contribution in [-0.2, 0) is 13.0 Å². The number of hydrogen-bond acceptors (Lipinski definition) is 2. The first-order chi connectivity index (χ1) is 11.3. The third-order valence-electron chi connectivity index (χ3n) is 4.36. The Morgan fingerprint density at radius 1 is 0.913 bits per heavy atom. The SMILES string of the molecule is O=C(NCCc1ccc(CN2CCCC2)cc1)c1ccccc1. The molecule has 2 aromatic rings. The molecular formula is C20H24N2O. The van der Waals surface area contributed by atoms with Crippen molar-refractivity contribution in [3.63, 3.8) is 0 Å². The summed E-state index contributed by atoms with van der Waals surface area (Å²) in [5.74, 6) is -0.00347. The van der Waals surface area contributed by atoms with Crippen molar-refractivity contribution in [2.75, 3.05) is 19.6 Å². The van der Waals surface area contributed by atoms with Crippen molar-refractivity contribution < 1.29 is 4.79 Å². The van der Waals surface area contributed by atoms with Gasteiger partial charge in [0.05, 0.1) is 0 Å². The normalized spacial score (nSPS) is 14.8. The summed E-state index contributed by atoms with van der Waals surface area (Å²) in [5, 5.41) is 2.97. The molecule has 0 unspecified atom stereocenters. The summed E-state index contributed by atoms with van der Waals surface area (Å²) >= 11 is 0. The van der Waals surface area contributed by atoms with Gasteiger partial charge in [-0.2, -0.15) is 0 Å². The highest BCUT2D eigenvalue weighted by Crippen LogP contribution is 2.13. The molecule has 3 rings (SSSR count). The Hall–Kier alpha value is -2.13. The molecule has 1 saturated heterocycles. The Kier molecular flexibility index (Phi) is 5.43. The first kappa shape index (κ1) is 15.8. The van der Waals surface area contributed by atoms with E-state index in [2.05, 4.69) is 34.5 Å². The van der Waals surface area contributed by atoms with Crippen LogP contribution in [0, 0.1) is 0 Å². The minimum Gasteiger partial charge on any atom is -0.352 e. The van der Waals surface area contributed by atoms with Gasteiger partial charge in [-0.1, -0.05) is 42.5 Å². The van der Waals surface area contributed by atoms with Crippen LogP contribution in [0.3, 0.4) is 0 Å². The van der Waals surface area contributed by atoms with Crippen LogP contribution in [0.15, 0.2) is 54.6 Å². The van der Waals surface area contributed by atoms with Crippen molar-refractivity contribution in [1.29, 1.82) is 0 Å². The first-order valence-corrected chi connectivity index (χ1v) is 8.45. The second kappa shape index (κ2) is 7.93. The molecule has 0 aromatic heterocycles. The maximum atomic E-state index is 12.0. The molecule has 0 spiro atoms.